The van der Waals surface area contributed by atoms with Crippen LogP contribution in [0.15, 0.2) is 24.3 Å². The van der Waals surface area contributed by atoms with Crippen molar-refractivity contribution < 1.29 is 14.7 Å². The fourth-order valence-electron chi connectivity index (χ4n) is 3.45. The third-order valence-corrected chi connectivity index (χ3v) is 5.10. The van der Waals surface area contributed by atoms with Gasteiger partial charge in [-0.1, -0.05) is 36.7 Å². The summed E-state index contributed by atoms with van der Waals surface area (Å²) in [7, 11) is 0. The zero-order valence-corrected chi connectivity index (χ0v) is 15.5. The molecule has 1 amide bonds. The van der Waals surface area contributed by atoms with Gasteiger partial charge in [0.25, 0.3) is 5.91 Å². The molecule has 0 aliphatic carbocycles. The zero-order valence-electron chi connectivity index (χ0n) is 14.7. The van der Waals surface area contributed by atoms with E-state index in [1.165, 1.54) is 0 Å². The first-order valence-electron chi connectivity index (χ1n) is 8.65. The molecule has 2 aromatic rings. The highest BCUT2D eigenvalue weighted by Crippen LogP contribution is 2.25. The number of benzene rings is 1. The topological polar surface area (TPSA) is 88.3 Å². The van der Waals surface area contributed by atoms with Crippen LogP contribution < -0.4 is 0 Å². The van der Waals surface area contributed by atoms with E-state index in [9.17, 15) is 14.7 Å². The molecule has 3 rings (SSSR count). The Kier molecular flexibility index (Phi) is 5.27. The van der Waals surface area contributed by atoms with Gasteiger partial charge in [0.05, 0.1) is 17.3 Å². The number of carbonyl (C=O) groups is 2. The van der Waals surface area contributed by atoms with E-state index >= 15 is 0 Å². The van der Waals surface area contributed by atoms with Crippen molar-refractivity contribution in [3.8, 4) is 5.69 Å². The van der Waals surface area contributed by atoms with Crippen molar-refractivity contribution in [1.82, 2.24) is 19.9 Å². The molecule has 1 aromatic carbocycles. The van der Waals surface area contributed by atoms with E-state index in [-0.39, 0.29) is 11.8 Å². The number of carboxylic acid groups (broad SMARTS) is 1. The number of rotatable bonds is 4. The third kappa shape index (κ3) is 3.44. The SMILES string of the molecule is CCc1c(C(=O)N2CCC(C(=O)O)C(C)C2)nnn1-c1cccc(Cl)c1. The smallest absolute Gasteiger partial charge is 0.306 e. The molecule has 1 N–H and O–H groups in total. The number of hydrogen-bond donors (Lipinski definition) is 1. The Bertz CT molecular complexity index is 836. The lowest BCUT2D eigenvalue weighted by Gasteiger charge is -2.34. The largest absolute Gasteiger partial charge is 0.481 e. The number of piperidine rings is 1. The predicted octanol–water partition coefficient (Wildman–Crippen LogP) is 2.67. The Balaban J connectivity index is 1.86. The second-order valence-electron chi connectivity index (χ2n) is 6.59. The number of hydrogen-bond acceptors (Lipinski definition) is 4. The monoisotopic (exact) mass is 376 g/mol. The molecule has 1 aromatic heterocycles. The molecular formula is C18H21ClN4O3. The second-order valence-corrected chi connectivity index (χ2v) is 7.03. The molecular weight excluding hydrogens is 356 g/mol. The molecule has 1 fully saturated rings. The highest BCUT2D eigenvalue weighted by atomic mass is 35.5. The van der Waals surface area contributed by atoms with Crippen molar-refractivity contribution in [2.75, 3.05) is 13.1 Å². The van der Waals surface area contributed by atoms with Crippen molar-refractivity contribution in [2.24, 2.45) is 11.8 Å². The highest BCUT2D eigenvalue weighted by Gasteiger charge is 2.35. The van der Waals surface area contributed by atoms with Gasteiger partial charge in [0, 0.05) is 18.1 Å². The van der Waals surface area contributed by atoms with Crippen LogP contribution in [0.4, 0.5) is 0 Å². The van der Waals surface area contributed by atoms with Gasteiger partial charge in [-0.2, -0.15) is 0 Å². The van der Waals surface area contributed by atoms with Crippen molar-refractivity contribution in [1.29, 1.82) is 0 Å². The van der Waals surface area contributed by atoms with E-state index in [4.69, 9.17) is 11.6 Å². The lowest BCUT2D eigenvalue weighted by atomic mass is 9.87. The maximum absolute atomic E-state index is 12.9. The van der Waals surface area contributed by atoms with Crippen molar-refractivity contribution in [3.63, 3.8) is 0 Å². The lowest BCUT2D eigenvalue weighted by Crippen LogP contribution is -2.45. The minimum absolute atomic E-state index is 0.0988. The van der Waals surface area contributed by atoms with Crippen LogP contribution >= 0.6 is 11.6 Å². The number of aliphatic carboxylic acids is 1. The molecule has 0 radical (unpaired) electrons. The third-order valence-electron chi connectivity index (χ3n) is 4.86. The minimum atomic E-state index is -0.800. The molecule has 0 bridgehead atoms. The number of likely N-dealkylation sites (tertiary alicyclic amines) is 1. The summed E-state index contributed by atoms with van der Waals surface area (Å²) in [5.41, 5.74) is 1.78. The summed E-state index contributed by atoms with van der Waals surface area (Å²) < 4.78 is 1.63. The van der Waals surface area contributed by atoms with Crippen molar-refractivity contribution >= 4 is 23.5 Å². The summed E-state index contributed by atoms with van der Waals surface area (Å²) in [5, 5.41) is 18.1. The molecule has 7 nitrogen and oxygen atoms in total. The highest BCUT2D eigenvalue weighted by molar-refractivity contribution is 6.30. The molecule has 2 heterocycles. The van der Waals surface area contributed by atoms with Gasteiger partial charge in [0.1, 0.15) is 0 Å². The number of carboxylic acids is 1. The molecule has 8 heteroatoms. The maximum Gasteiger partial charge on any atom is 0.306 e. The zero-order chi connectivity index (χ0) is 18.8. The molecule has 1 aliphatic heterocycles. The van der Waals surface area contributed by atoms with E-state index in [1.54, 1.807) is 21.7 Å². The first-order chi connectivity index (χ1) is 12.4. The molecule has 2 atom stereocenters. The average molecular weight is 377 g/mol. The summed E-state index contributed by atoms with van der Waals surface area (Å²) in [5.74, 6) is -1.51. The Morgan fingerprint density at radius 3 is 2.77 bits per heavy atom. The van der Waals surface area contributed by atoms with Crippen molar-refractivity contribution in [2.45, 2.75) is 26.7 Å². The van der Waals surface area contributed by atoms with E-state index in [1.807, 2.05) is 26.0 Å². The van der Waals surface area contributed by atoms with Crippen molar-refractivity contribution in [3.05, 3.63) is 40.7 Å². The number of nitrogens with zero attached hydrogens (tertiary/aromatic N) is 4. The molecule has 0 spiro atoms. The van der Waals surface area contributed by atoms with Crippen LogP contribution in [-0.2, 0) is 11.2 Å². The van der Waals surface area contributed by atoms with Gasteiger partial charge in [-0.05, 0) is 37.0 Å². The van der Waals surface area contributed by atoms with Crippen LogP contribution in [0, 0.1) is 11.8 Å². The van der Waals surface area contributed by atoms with Gasteiger partial charge >= 0.3 is 5.97 Å². The Morgan fingerprint density at radius 2 is 2.15 bits per heavy atom. The lowest BCUT2D eigenvalue weighted by molar-refractivity contribution is -0.145. The molecule has 2 unspecified atom stereocenters. The number of carbonyl (C=O) groups excluding carboxylic acids is 1. The number of halogens is 1. The van der Waals surface area contributed by atoms with Gasteiger partial charge in [0.15, 0.2) is 5.69 Å². The maximum atomic E-state index is 12.9. The summed E-state index contributed by atoms with van der Waals surface area (Å²) >= 11 is 6.05. The van der Waals surface area contributed by atoms with E-state index in [0.29, 0.717) is 42.3 Å². The van der Waals surface area contributed by atoms with Crippen LogP contribution in [0.3, 0.4) is 0 Å². The second kappa shape index (κ2) is 7.45. The van der Waals surface area contributed by atoms with E-state index in [2.05, 4.69) is 10.3 Å². The normalized spacial score (nSPS) is 20.2. The minimum Gasteiger partial charge on any atom is -0.481 e. The van der Waals surface area contributed by atoms with Gasteiger partial charge in [-0.15, -0.1) is 5.10 Å². The van der Waals surface area contributed by atoms with E-state index in [0.717, 1.165) is 5.69 Å². The number of amides is 1. The molecule has 0 saturated carbocycles. The summed E-state index contributed by atoms with van der Waals surface area (Å²) in [6.07, 6.45) is 1.04. The average Bonchev–Trinajstić information content (AvgIpc) is 3.04. The molecule has 26 heavy (non-hydrogen) atoms. The van der Waals surface area contributed by atoms with Crippen LogP contribution in [0.2, 0.25) is 5.02 Å². The van der Waals surface area contributed by atoms with Crippen LogP contribution in [0.5, 0.6) is 0 Å². The quantitative estimate of drug-likeness (QED) is 0.886. The Hall–Kier alpha value is -2.41. The fraction of sp³-hybridized carbons (Fsp3) is 0.444. The predicted molar refractivity (Wildman–Crippen MR) is 96.6 cm³/mol. The number of aromatic nitrogens is 3. The first-order valence-corrected chi connectivity index (χ1v) is 9.02. The van der Waals surface area contributed by atoms with Gasteiger partial charge in [-0.25, -0.2) is 4.68 Å². The Morgan fingerprint density at radius 1 is 1.38 bits per heavy atom. The first kappa shape index (κ1) is 18.4. The Labute approximate surface area is 156 Å². The van der Waals surface area contributed by atoms with Crippen LogP contribution in [0.25, 0.3) is 5.69 Å². The summed E-state index contributed by atoms with van der Waals surface area (Å²) in [4.78, 5) is 25.9. The van der Waals surface area contributed by atoms with Crippen LogP contribution in [0.1, 0.15) is 36.5 Å². The standard InChI is InChI=1S/C18H21ClN4O3/c1-3-15-16(20-21-23(15)13-6-4-5-12(19)9-13)17(24)22-8-7-14(18(25)26)11(2)10-22/h4-6,9,11,14H,3,7-8,10H2,1-2H3,(H,25,26). The van der Waals surface area contributed by atoms with Gasteiger partial charge in [0.2, 0.25) is 0 Å². The van der Waals surface area contributed by atoms with Gasteiger partial charge in [-0.3, -0.25) is 9.59 Å². The van der Waals surface area contributed by atoms with E-state index < -0.39 is 11.9 Å². The molecule has 1 saturated heterocycles. The summed E-state index contributed by atoms with van der Waals surface area (Å²) in [6, 6.07) is 7.21. The van der Waals surface area contributed by atoms with Gasteiger partial charge < -0.3 is 10.0 Å². The molecule has 138 valence electrons. The van der Waals surface area contributed by atoms with Crippen LogP contribution in [-0.4, -0.2) is 50.0 Å². The fourth-order valence-corrected chi connectivity index (χ4v) is 3.63. The summed E-state index contributed by atoms with van der Waals surface area (Å²) in [6.45, 7) is 4.62. The molecule has 1 aliphatic rings.